The Bertz CT molecular complexity index is 2430. The van der Waals surface area contributed by atoms with Gasteiger partial charge in [0.05, 0.1) is 11.2 Å². The predicted octanol–water partition coefficient (Wildman–Crippen LogP) is 10.6. The Morgan fingerprint density at radius 1 is 0.652 bits per heavy atom. The summed E-state index contributed by atoms with van der Waals surface area (Å²) in [7, 11) is 0. The third-order valence-corrected chi connectivity index (χ3v) is 8.55. The molecule has 0 atom stereocenters. The Hall–Kier alpha value is -6.00. The molecule has 8 rings (SSSR count). The van der Waals surface area contributed by atoms with E-state index >= 15 is 0 Å². The van der Waals surface area contributed by atoms with Crippen LogP contribution in [0, 0.1) is 0 Å². The lowest BCUT2D eigenvalue weighted by Gasteiger charge is -2.13. The number of pyridine rings is 1. The standard InChI is InChI=1S/C42H30N4/c1-2-13-30(40-44-41(31-16-5-3-6-17-31)46-42(45-40)32-18-7-4-8-19-32)24-27-37-35-25-22-28-14-9-11-20-33(28)38(35)36-26-23-29-15-10-12-21-34(29)39(36)43-37/h2-7,9-18,20-27H,1,8,19H2/b27-24+,30-13+. The van der Waals surface area contributed by atoms with E-state index in [1.54, 1.807) is 6.08 Å². The fourth-order valence-electron chi connectivity index (χ4n) is 6.31. The second-order valence-corrected chi connectivity index (χ2v) is 11.4. The van der Waals surface area contributed by atoms with Gasteiger partial charge in [-0.1, -0.05) is 140 Å². The summed E-state index contributed by atoms with van der Waals surface area (Å²) in [6, 6.07) is 35.9. The number of hydrogen-bond donors (Lipinski definition) is 0. The molecule has 0 saturated heterocycles. The molecule has 7 aromatic rings. The van der Waals surface area contributed by atoms with Crippen molar-refractivity contribution in [1.29, 1.82) is 0 Å². The maximum atomic E-state index is 5.31. The van der Waals surface area contributed by atoms with Crippen molar-refractivity contribution in [3.63, 3.8) is 0 Å². The molecule has 4 nitrogen and oxygen atoms in total. The van der Waals surface area contributed by atoms with E-state index in [0.717, 1.165) is 56.9 Å². The summed E-state index contributed by atoms with van der Waals surface area (Å²) in [5.41, 5.74) is 4.75. The Labute approximate surface area is 267 Å². The zero-order chi connectivity index (χ0) is 30.9. The largest absolute Gasteiger partial charge is 0.247 e. The van der Waals surface area contributed by atoms with Crippen LogP contribution in [0.25, 0.3) is 71.8 Å². The zero-order valence-electron chi connectivity index (χ0n) is 25.3. The van der Waals surface area contributed by atoms with Crippen LogP contribution in [0.3, 0.4) is 0 Å². The summed E-state index contributed by atoms with van der Waals surface area (Å²) in [5.74, 6) is 1.94. The average molecular weight is 591 g/mol. The van der Waals surface area contributed by atoms with E-state index in [1.165, 1.54) is 21.5 Å². The average Bonchev–Trinajstić information content (AvgIpc) is 3.13. The monoisotopic (exact) mass is 590 g/mol. The molecule has 0 amide bonds. The van der Waals surface area contributed by atoms with E-state index in [0.29, 0.717) is 17.5 Å². The first-order chi connectivity index (χ1) is 22.8. The maximum Gasteiger partial charge on any atom is 0.164 e. The van der Waals surface area contributed by atoms with Crippen molar-refractivity contribution >= 4 is 60.4 Å². The number of allylic oxidation sites excluding steroid dienone is 8. The highest BCUT2D eigenvalue weighted by Gasteiger charge is 2.16. The molecule has 46 heavy (non-hydrogen) atoms. The highest BCUT2D eigenvalue weighted by molar-refractivity contribution is 6.24. The van der Waals surface area contributed by atoms with Crippen LogP contribution < -0.4 is 0 Å². The SMILES string of the molecule is C=C/C=C(\C=C\c1nc2c3ccccc3ccc2c2c1ccc1ccccc12)c1nc(C2=CC=CCC2)nc(-c2ccccc2)n1. The Balaban J connectivity index is 1.34. The van der Waals surface area contributed by atoms with Crippen molar-refractivity contribution in [3.05, 3.63) is 164 Å². The maximum absolute atomic E-state index is 5.31. The molecule has 0 bridgehead atoms. The first-order valence-electron chi connectivity index (χ1n) is 15.6. The second-order valence-electron chi connectivity index (χ2n) is 11.4. The molecule has 2 aromatic heterocycles. The summed E-state index contributed by atoms with van der Waals surface area (Å²) < 4.78 is 0. The van der Waals surface area contributed by atoms with Crippen LogP contribution in [-0.4, -0.2) is 19.9 Å². The van der Waals surface area contributed by atoms with Crippen molar-refractivity contribution in [2.45, 2.75) is 12.8 Å². The number of hydrogen-bond acceptors (Lipinski definition) is 4. The molecule has 0 N–H and O–H groups in total. The van der Waals surface area contributed by atoms with E-state index in [-0.39, 0.29) is 0 Å². The van der Waals surface area contributed by atoms with Crippen LogP contribution >= 0.6 is 0 Å². The molecular weight excluding hydrogens is 560 g/mol. The van der Waals surface area contributed by atoms with E-state index < -0.39 is 0 Å². The topological polar surface area (TPSA) is 51.6 Å². The van der Waals surface area contributed by atoms with Crippen LogP contribution in [0.5, 0.6) is 0 Å². The lowest BCUT2D eigenvalue weighted by Crippen LogP contribution is -2.05. The highest BCUT2D eigenvalue weighted by Crippen LogP contribution is 2.36. The smallest absolute Gasteiger partial charge is 0.164 e. The highest BCUT2D eigenvalue weighted by atomic mass is 15.0. The third-order valence-electron chi connectivity index (χ3n) is 8.55. The summed E-state index contributed by atoms with van der Waals surface area (Å²) in [4.78, 5) is 20.2. The van der Waals surface area contributed by atoms with Crippen LogP contribution in [-0.2, 0) is 0 Å². The molecule has 1 aliphatic carbocycles. The van der Waals surface area contributed by atoms with Crippen LogP contribution in [0.1, 0.15) is 30.2 Å². The van der Waals surface area contributed by atoms with Crippen molar-refractivity contribution in [2.24, 2.45) is 0 Å². The fourth-order valence-corrected chi connectivity index (χ4v) is 6.31. The minimum Gasteiger partial charge on any atom is -0.247 e. The van der Waals surface area contributed by atoms with Gasteiger partial charge in [-0.2, -0.15) is 0 Å². The van der Waals surface area contributed by atoms with Gasteiger partial charge >= 0.3 is 0 Å². The van der Waals surface area contributed by atoms with Gasteiger partial charge in [0.15, 0.2) is 17.5 Å². The third kappa shape index (κ3) is 5.00. The van der Waals surface area contributed by atoms with E-state index in [9.17, 15) is 0 Å². The molecule has 0 fully saturated rings. The lowest BCUT2D eigenvalue weighted by atomic mass is 9.95. The molecule has 0 aliphatic heterocycles. The van der Waals surface area contributed by atoms with Gasteiger partial charge < -0.3 is 0 Å². The van der Waals surface area contributed by atoms with Crippen molar-refractivity contribution in [3.8, 4) is 11.4 Å². The van der Waals surface area contributed by atoms with Crippen LogP contribution in [0.4, 0.5) is 0 Å². The number of fused-ring (bicyclic) bond motifs is 7. The predicted molar refractivity (Wildman–Crippen MR) is 193 cm³/mol. The Kier molecular flexibility index (Phi) is 7.08. The molecule has 1 aliphatic rings. The molecule has 0 saturated carbocycles. The minimum absolute atomic E-state index is 0.594. The first kappa shape index (κ1) is 27.5. The van der Waals surface area contributed by atoms with Gasteiger partial charge in [-0.25, -0.2) is 19.9 Å². The van der Waals surface area contributed by atoms with Crippen molar-refractivity contribution in [1.82, 2.24) is 19.9 Å². The molecule has 2 heterocycles. The minimum atomic E-state index is 0.594. The van der Waals surface area contributed by atoms with Crippen molar-refractivity contribution in [2.75, 3.05) is 0 Å². The Morgan fingerprint density at radius 3 is 2.15 bits per heavy atom. The van der Waals surface area contributed by atoms with E-state index in [4.69, 9.17) is 19.9 Å². The fraction of sp³-hybridized carbons (Fsp3) is 0.0476. The lowest BCUT2D eigenvalue weighted by molar-refractivity contribution is 0.959. The van der Waals surface area contributed by atoms with Crippen LogP contribution in [0.2, 0.25) is 0 Å². The number of nitrogens with zero attached hydrogens (tertiary/aromatic N) is 4. The second kappa shape index (κ2) is 11.8. The molecule has 0 unspecified atom stereocenters. The van der Waals surface area contributed by atoms with Gasteiger partial charge in [0.25, 0.3) is 0 Å². The molecule has 218 valence electrons. The summed E-state index contributed by atoms with van der Waals surface area (Å²) in [6.07, 6.45) is 16.1. The molecular formula is C42H30N4. The van der Waals surface area contributed by atoms with Crippen molar-refractivity contribution < 1.29 is 0 Å². The van der Waals surface area contributed by atoms with Gasteiger partial charge in [-0.05, 0) is 46.7 Å². The van der Waals surface area contributed by atoms with Gasteiger partial charge in [-0.3, -0.25) is 0 Å². The van der Waals surface area contributed by atoms with E-state index in [1.807, 2.05) is 36.4 Å². The van der Waals surface area contributed by atoms with Gasteiger partial charge in [-0.15, -0.1) is 0 Å². The molecule has 0 radical (unpaired) electrons. The van der Waals surface area contributed by atoms with Gasteiger partial charge in [0, 0.05) is 32.7 Å². The van der Waals surface area contributed by atoms with E-state index in [2.05, 4.69) is 110 Å². The quantitative estimate of drug-likeness (QED) is 0.143. The summed E-state index contributed by atoms with van der Waals surface area (Å²) in [5, 5.41) is 8.16. The molecule has 4 heteroatoms. The number of aromatic nitrogens is 4. The normalized spacial score (nSPS) is 13.7. The Morgan fingerprint density at radius 2 is 1.37 bits per heavy atom. The molecule has 0 spiro atoms. The van der Waals surface area contributed by atoms with Crippen LogP contribution in [0.15, 0.2) is 146 Å². The molecule has 5 aromatic carbocycles. The summed E-state index contributed by atoms with van der Waals surface area (Å²) in [6.45, 7) is 4.02. The first-order valence-corrected chi connectivity index (χ1v) is 15.6. The van der Waals surface area contributed by atoms with Gasteiger partial charge in [0.1, 0.15) is 0 Å². The van der Waals surface area contributed by atoms with Gasteiger partial charge in [0.2, 0.25) is 0 Å². The number of rotatable bonds is 6. The summed E-state index contributed by atoms with van der Waals surface area (Å²) >= 11 is 0. The zero-order valence-corrected chi connectivity index (χ0v) is 25.3. The number of benzene rings is 5.